The first kappa shape index (κ1) is 13.6. The number of ketones is 1. The van der Waals surface area contributed by atoms with E-state index in [0.29, 0.717) is 13.0 Å². The molecule has 1 aromatic rings. The standard InChI is InChI=1S/C14H20O3/c1-4-12-7-8-13(10-14(12)16-3)17-9-5-6-11(2)15/h7-8,10H,4-6,9H2,1-3H3. The maximum atomic E-state index is 10.8. The maximum absolute atomic E-state index is 10.8. The van der Waals surface area contributed by atoms with Crippen molar-refractivity contribution >= 4 is 5.78 Å². The molecular formula is C14H20O3. The molecule has 94 valence electrons. The Balaban J connectivity index is 2.51. The molecular weight excluding hydrogens is 216 g/mol. The fourth-order valence-electron chi connectivity index (χ4n) is 1.62. The molecule has 0 amide bonds. The third-order valence-corrected chi connectivity index (χ3v) is 2.58. The van der Waals surface area contributed by atoms with Gasteiger partial charge in [0, 0.05) is 12.5 Å². The summed E-state index contributed by atoms with van der Waals surface area (Å²) in [5.74, 6) is 1.85. The van der Waals surface area contributed by atoms with E-state index in [1.165, 1.54) is 5.56 Å². The predicted molar refractivity (Wildman–Crippen MR) is 67.8 cm³/mol. The molecule has 3 heteroatoms. The Kier molecular flexibility index (Phi) is 5.53. The third-order valence-electron chi connectivity index (χ3n) is 2.58. The summed E-state index contributed by atoms with van der Waals surface area (Å²) < 4.78 is 10.9. The van der Waals surface area contributed by atoms with Gasteiger partial charge in [0.15, 0.2) is 0 Å². The van der Waals surface area contributed by atoms with Gasteiger partial charge in [-0.25, -0.2) is 0 Å². The van der Waals surface area contributed by atoms with Crippen LogP contribution in [0.5, 0.6) is 11.5 Å². The summed E-state index contributed by atoms with van der Waals surface area (Å²) in [5, 5.41) is 0. The zero-order valence-corrected chi connectivity index (χ0v) is 10.8. The van der Waals surface area contributed by atoms with Crippen LogP contribution in [0, 0.1) is 0 Å². The number of rotatable bonds is 7. The fraction of sp³-hybridized carbons (Fsp3) is 0.500. The first-order valence-corrected chi connectivity index (χ1v) is 5.96. The summed E-state index contributed by atoms with van der Waals surface area (Å²) in [7, 11) is 1.66. The molecule has 1 aromatic carbocycles. The topological polar surface area (TPSA) is 35.5 Å². The van der Waals surface area contributed by atoms with Gasteiger partial charge in [0.25, 0.3) is 0 Å². The van der Waals surface area contributed by atoms with Crippen LogP contribution in [0.4, 0.5) is 0 Å². The van der Waals surface area contributed by atoms with Crippen LogP contribution in [-0.4, -0.2) is 19.5 Å². The summed E-state index contributed by atoms with van der Waals surface area (Å²) in [6, 6.07) is 5.85. The van der Waals surface area contributed by atoms with Gasteiger partial charge in [-0.2, -0.15) is 0 Å². The van der Waals surface area contributed by atoms with E-state index in [-0.39, 0.29) is 5.78 Å². The van der Waals surface area contributed by atoms with Crippen molar-refractivity contribution in [2.75, 3.05) is 13.7 Å². The SMILES string of the molecule is CCc1ccc(OCCCC(C)=O)cc1OC. The minimum atomic E-state index is 0.201. The number of hydrogen-bond acceptors (Lipinski definition) is 3. The van der Waals surface area contributed by atoms with Crippen molar-refractivity contribution in [2.45, 2.75) is 33.1 Å². The molecule has 0 spiro atoms. The predicted octanol–water partition coefficient (Wildman–Crippen LogP) is 3.01. The Bertz CT molecular complexity index is 372. The van der Waals surface area contributed by atoms with Crippen LogP contribution in [-0.2, 0) is 11.2 Å². The smallest absolute Gasteiger partial charge is 0.129 e. The van der Waals surface area contributed by atoms with Gasteiger partial charge in [-0.3, -0.25) is 0 Å². The maximum Gasteiger partial charge on any atom is 0.129 e. The molecule has 0 saturated heterocycles. The molecule has 0 aromatic heterocycles. The first-order valence-electron chi connectivity index (χ1n) is 5.96. The molecule has 3 nitrogen and oxygen atoms in total. The van der Waals surface area contributed by atoms with Gasteiger partial charge < -0.3 is 14.3 Å². The average molecular weight is 236 g/mol. The second-order valence-corrected chi connectivity index (χ2v) is 3.98. The van der Waals surface area contributed by atoms with Gasteiger partial charge in [-0.05, 0) is 31.4 Å². The van der Waals surface area contributed by atoms with E-state index in [1.807, 2.05) is 18.2 Å². The number of carbonyl (C=O) groups is 1. The molecule has 0 aliphatic carbocycles. The van der Waals surface area contributed by atoms with Gasteiger partial charge in [-0.1, -0.05) is 13.0 Å². The second kappa shape index (κ2) is 6.94. The van der Waals surface area contributed by atoms with Crippen molar-refractivity contribution in [1.82, 2.24) is 0 Å². The highest BCUT2D eigenvalue weighted by atomic mass is 16.5. The lowest BCUT2D eigenvalue weighted by atomic mass is 10.1. The number of Topliss-reactive ketones (excluding diaryl/α,β-unsaturated/α-hetero) is 1. The number of methoxy groups -OCH3 is 1. The zero-order chi connectivity index (χ0) is 12.7. The Morgan fingerprint density at radius 1 is 1.35 bits per heavy atom. The van der Waals surface area contributed by atoms with Crippen LogP contribution >= 0.6 is 0 Å². The highest BCUT2D eigenvalue weighted by molar-refractivity contribution is 5.75. The molecule has 0 unspecified atom stereocenters. The molecule has 0 saturated carbocycles. The summed E-state index contributed by atoms with van der Waals surface area (Å²) in [6.07, 6.45) is 2.27. The third kappa shape index (κ3) is 4.47. The molecule has 17 heavy (non-hydrogen) atoms. The first-order chi connectivity index (χ1) is 8.17. The van der Waals surface area contributed by atoms with E-state index in [9.17, 15) is 4.79 Å². The Morgan fingerprint density at radius 3 is 2.71 bits per heavy atom. The highest BCUT2D eigenvalue weighted by Gasteiger charge is 2.03. The average Bonchev–Trinajstić information content (AvgIpc) is 2.34. The Labute approximate surface area is 103 Å². The van der Waals surface area contributed by atoms with Crippen molar-refractivity contribution < 1.29 is 14.3 Å². The lowest BCUT2D eigenvalue weighted by Crippen LogP contribution is -2.01. The normalized spacial score (nSPS) is 10.1. The van der Waals surface area contributed by atoms with E-state index in [2.05, 4.69) is 6.92 Å². The molecule has 0 aliphatic heterocycles. The zero-order valence-electron chi connectivity index (χ0n) is 10.8. The van der Waals surface area contributed by atoms with Gasteiger partial charge in [0.05, 0.1) is 13.7 Å². The molecule has 1 rings (SSSR count). The number of carbonyl (C=O) groups excluding carboxylic acids is 1. The number of benzene rings is 1. The van der Waals surface area contributed by atoms with Gasteiger partial charge in [0.1, 0.15) is 17.3 Å². The fourth-order valence-corrected chi connectivity index (χ4v) is 1.62. The van der Waals surface area contributed by atoms with E-state index in [1.54, 1.807) is 14.0 Å². The molecule has 0 atom stereocenters. The summed E-state index contributed by atoms with van der Waals surface area (Å²) >= 11 is 0. The lowest BCUT2D eigenvalue weighted by Gasteiger charge is -2.10. The lowest BCUT2D eigenvalue weighted by molar-refractivity contribution is -0.117. The van der Waals surface area contributed by atoms with Crippen LogP contribution in [0.1, 0.15) is 32.3 Å². The monoisotopic (exact) mass is 236 g/mol. The van der Waals surface area contributed by atoms with Crippen molar-refractivity contribution in [1.29, 1.82) is 0 Å². The highest BCUT2D eigenvalue weighted by Crippen LogP contribution is 2.25. The molecule has 0 aliphatic rings. The van der Waals surface area contributed by atoms with E-state index in [0.717, 1.165) is 24.3 Å². The number of ether oxygens (including phenoxy) is 2. The van der Waals surface area contributed by atoms with Gasteiger partial charge >= 0.3 is 0 Å². The second-order valence-electron chi connectivity index (χ2n) is 3.98. The molecule has 0 heterocycles. The van der Waals surface area contributed by atoms with Crippen LogP contribution < -0.4 is 9.47 Å². The van der Waals surface area contributed by atoms with E-state index < -0.39 is 0 Å². The van der Waals surface area contributed by atoms with Crippen molar-refractivity contribution in [3.05, 3.63) is 23.8 Å². The van der Waals surface area contributed by atoms with Crippen molar-refractivity contribution in [3.8, 4) is 11.5 Å². The molecule has 0 N–H and O–H groups in total. The van der Waals surface area contributed by atoms with Crippen molar-refractivity contribution in [2.24, 2.45) is 0 Å². The Hall–Kier alpha value is -1.51. The van der Waals surface area contributed by atoms with Crippen molar-refractivity contribution in [3.63, 3.8) is 0 Å². The van der Waals surface area contributed by atoms with Crippen LogP contribution in [0.3, 0.4) is 0 Å². The van der Waals surface area contributed by atoms with E-state index >= 15 is 0 Å². The number of hydrogen-bond donors (Lipinski definition) is 0. The number of aryl methyl sites for hydroxylation is 1. The van der Waals surface area contributed by atoms with E-state index in [4.69, 9.17) is 9.47 Å². The largest absolute Gasteiger partial charge is 0.496 e. The molecule has 0 fully saturated rings. The molecule has 0 bridgehead atoms. The minimum Gasteiger partial charge on any atom is -0.496 e. The molecule has 0 radical (unpaired) electrons. The summed E-state index contributed by atoms with van der Waals surface area (Å²) in [5.41, 5.74) is 1.17. The van der Waals surface area contributed by atoms with Crippen LogP contribution in [0.2, 0.25) is 0 Å². The Morgan fingerprint density at radius 2 is 2.12 bits per heavy atom. The van der Waals surface area contributed by atoms with Gasteiger partial charge in [0.2, 0.25) is 0 Å². The van der Waals surface area contributed by atoms with Gasteiger partial charge in [-0.15, -0.1) is 0 Å². The quantitative estimate of drug-likeness (QED) is 0.683. The minimum absolute atomic E-state index is 0.201. The van der Waals surface area contributed by atoms with Crippen LogP contribution in [0.25, 0.3) is 0 Å². The summed E-state index contributed by atoms with van der Waals surface area (Å²) in [6.45, 7) is 4.25. The summed E-state index contributed by atoms with van der Waals surface area (Å²) in [4.78, 5) is 10.8. The van der Waals surface area contributed by atoms with Crippen LogP contribution in [0.15, 0.2) is 18.2 Å².